The molecule has 0 bridgehead atoms. The molecule has 1 rings (SSSR count). The number of hydrogen-bond donors (Lipinski definition) is 0. The Bertz CT molecular complexity index is 388. The number of benzene rings is 1. The van der Waals surface area contributed by atoms with Crippen molar-refractivity contribution in [1.82, 2.24) is 0 Å². The van der Waals surface area contributed by atoms with Gasteiger partial charge in [-0.05, 0) is 5.92 Å². The molecule has 0 radical (unpaired) electrons. The number of hydrogen-bond acceptors (Lipinski definition) is 0. The molecule has 0 N–H and O–H groups in total. The van der Waals surface area contributed by atoms with E-state index in [4.69, 9.17) is 0 Å². The lowest BCUT2D eigenvalue weighted by Crippen LogP contribution is -2.19. The fourth-order valence-electron chi connectivity index (χ4n) is 1.27. The number of rotatable bonds is 2. The molecule has 18 heavy (non-hydrogen) atoms. The number of halogens is 5. The topological polar surface area (TPSA) is 0 Å². The highest BCUT2D eigenvalue weighted by atomic mass is 31.0. The smallest absolute Gasteiger partial charge is 0.198 e. The van der Waals surface area contributed by atoms with Gasteiger partial charge in [-0.15, -0.1) is 9.24 Å². The van der Waals surface area contributed by atoms with E-state index in [1.165, 1.54) is 13.8 Å². The summed E-state index contributed by atoms with van der Waals surface area (Å²) in [6.07, 6.45) is -1.89. The molecule has 0 saturated carbocycles. The van der Waals surface area contributed by atoms with E-state index in [1.54, 1.807) is 9.24 Å². The Hall–Kier alpha value is -0.700. The molecule has 6 heteroatoms. The van der Waals surface area contributed by atoms with Crippen molar-refractivity contribution in [2.45, 2.75) is 33.9 Å². The van der Waals surface area contributed by atoms with Crippen LogP contribution in [-0.4, -0.2) is 0 Å². The lowest BCUT2D eigenvalue weighted by Gasteiger charge is -2.16. The van der Waals surface area contributed by atoms with Crippen LogP contribution < -0.4 is 5.30 Å². The van der Waals surface area contributed by atoms with Crippen molar-refractivity contribution >= 4 is 14.5 Å². The maximum absolute atomic E-state index is 13.6. The van der Waals surface area contributed by atoms with Gasteiger partial charge in [0.1, 0.15) is 6.17 Å². The van der Waals surface area contributed by atoms with Crippen LogP contribution in [0.5, 0.6) is 0 Å². The summed E-state index contributed by atoms with van der Waals surface area (Å²) < 4.78 is 65.6. The van der Waals surface area contributed by atoms with Crippen molar-refractivity contribution in [3.8, 4) is 0 Å². The second kappa shape index (κ2) is 7.03. The minimum atomic E-state index is -1.98. The maximum atomic E-state index is 13.6. The largest absolute Gasteiger partial charge is 0.242 e. The van der Waals surface area contributed by atoms with Crippen molar-refractivity contribution in [3.05, 3.63) is 28.8 Å². The van der Waals surface area contributed by atoms with Crippen LogP contribution in [0.2, 0.25) is 0 Å². The molecule has 2 unspecified atom stereocenters. The fourth-order valence-corrected chi connectivity index (χ4v) is 1.68. The Kier molecular flexibility index (Phi) is 6.76. The Labute approximate surface area is 106 Å². The van der Waals surface area contributed by atoms with Gasteiger partial charge in [0.25, 0.3) is 0 Å². The lowest BCUT2D eigenvalue weighted by atomic mass is 9.99. The van der Waals surface area contributed by atoms with Gasteiger partial charge < -0.3 is 0 Å². The van der Waals surface area contributed by atoms with Crippen molar-refractivity contribution in [1.29, 1.82) is 0 Å². The van der Waals surface area contributed by atoms with Gasteiger partial charge in [-0.3, -0.25) is 0 Å². The molecule has 0 aromatic heterocycles. The third kappa shape index (κ3) is 3.19. The van der Waals surface area contributed by atoms with Gasteiger partial charge in [-0.1, -0.05) is 27.7 Å². The summed E-state index contributed by atoms with van der Waals surface area (Å²) in [7, 11) is 1.69. The van der Waals surface area contributed by atoms with E-state index < -0.39 is 46.2 Å². The summed E-state index contributed by atoms with van der Waals surface area (Å²) in [5.41, 5.74) is -0.781. The van der Waals surface area contributed by atoms with Gasteiger partial charge in [-0.25, -0.2) is 22.0 Å². The molecule has 0 saturated heterocycles. The molecule has 0 aliphatic rings. The van der Waals surface area contributed by atoms with E-state index in [2.05, 4.69) is 0 Å². The average Bonchev–Trinajstić information content (AvgIpc) is 2.36. The summed E-state index contributed by atoms with van der Waals surface area (Å²) in [6, 6.07) is 0. The van der Waals surface area contributed by atoms with E-state index in [0.29, 0.717) is 0 Å². The Morgan fingerprint density at radius 3 is 1.61 bits per heavy atom. The van der Waals surface area contributed by atoms with Gasteiger partial charge in [0.05, 0.1) is 0 Å². The number of alkyl halides is 1. The van der Waals surface area contributed by atoms with Crippen molar-refractivity contribution in [3.63, 3.8) is 0 Å². The first-order chi connectivity index (χ1) is 8.29. The van der Waals surface area contributed by atoms with Gasteiger partial charge in [0.15, 0.2) is 23.3 Å². The molecular weight excluding hydrogens is 270 g/mol. The third-order valence-corrected chi connectivity index (χ3v) is 2.77. The summed E-state index contributed by atoms with van der Waals surface area (Å²) in [6.45, 7) is 6.85. The van der Waals surface area contributed by atoms with E-state index in [-0.39, 0.29) is 0 Å². The van der Waals surface area contributed by atoms with Crippen LogP contribution in [0.3, 0.4) is 0 Å². The molecule has 0 fully saturated rings. The molecule has 1 aromatic rings. The van der Waals surface area contributed by atoms with E-state index >= 15 is 0 Å². The first-order valence-electron chi connectivity index (χ1n) is 5.54. The predicted molar refractivity (Wildman–Crippen MR) is 65.7 cm³/mol. The Morgan fingerprint density at radius 1 is 0.833 bits per heavy atom. The monoisotopic (exact) mass is 286 g/mol. The molecule has 1 aromatic carbocycles. The quantitative estimate of drug-likeness (QED) is 0.326. The van der Waals surface area contributed by atoms with Crippen LogP contribution in [0, 0.1) is 29.2 Å². The lowest BCUT2D eigenvalue weighted by molar-refractivity contribution is 0.250. The van der Waals surface area contributed by atoms with Crippen LogP contribution in [0.15, 0.2) is 0 Å². The zero-order chi connectivity index (χ0) is 14.6. The SMILES string of the molecule is CC.CC(C)C(F)c1c(F)c(F)c(F)c(F)c1P. The van der Waals surface area contributed by atoms with Crippen molar-refractivity contribution in [2.75, 3.05) is 0 Å². The molecule has 0 heterocycles. The second-order valence-electron chi connectivity index (χ2n) is 3.73. The summed E-state index contributed by atoms with van der Waals surface area (Å²) >= 11 is 0. The predicted octanol–water partition coefficient (Wildman–Crippen LogP) is 4.44. The molecular formula is C12H16F5P. The van der Waals surface area contributed by atoms with Crippen molar-refractivity contribution in [2.24, 2.45) is 5.92 Å². The van der Waals surface area contributed by atoms with Crippen LogP contribution in [0.1, 0.15) is 39.4 Å². The molecule has 0 aliphatic heterocycles. The second-order valence-corrected chi connectivity index (χ2v) is 4.31. The van der Waals surface area contributed by atoms with Crippen LogP contribution in [-0.2, 0) is 0 Å². The minimum Gasteiger partial charge on any atom is -0.242 e. The first kappa shape index (κ1) is 17.3. The Morgan fingerprint density at radius 2 is 1.22 bits per heavy atom. The summed E-state index contributed by atoms with van der Waals surface area (Å²) in [4.78, 5) is 0. The molecule has 0 amide bonds. The van der Waals surface area contributed by atoms with Crippen molar-refractivity contribution < 1.29 is 22.0 Å². The molecule has 0 spiro atoms. The van der Waals surface area contributed by atoms with Gasteiger partial charge in [0, 0.05) is 10.9 Å². The Balaban J connectivity index is 0.00000137. The normalized spacial score (nSPS) is 12.2. The maximum Gasteiger partial charge on any atom is 0.198 e. The third-order valence-electron chi connectivity index (χ3n) is 2.20. The van der Waals surface area contributed by atoms with E-state index in [0.717, 1.165) is 0 Å². The van der Waals surface area contributed by atoms with Gasteiger partial charge in [-0.2, -0.15) is 0 Å². The van der Waals surface area contributed by atoms with E-state index in [1.807, 2.05) is 13.8 Å². The first-order valence-corrected chi connectivity index (χ1v) is 6.12. The zero-order valence-electron chi connectivity index (χ0n) is 10.6. The summed E-state index contributed by atoms with van der Waals surface area (Å²) in [5.74, 6) is -7.84. The fraction of sp³-hybridized carbons (Fsp3) is 0.500. The van der Waals surface area contributed by atoms with Crippen LogP contribution in [0.25, 0.3) is 0 Å². The highest BCUT2D eigenvalue weighted by Crippen LogP contribution is 2.30. The van der Waals surface area contributed by atoms with Crippen LogP contribution >= 0.6 is 9.24 Å². The van der Waals surface area contributed by atoms with Gasteiger partial charge in [0.2, 0.25) is 0 Å². The minimum absolute atomic E-state index is 0.613. The van der Waals surface area contributed by atoms with E-state index in [9.17, 15) is 22.0 Å². The summed E-state index contributed by atoms with van der Waals surface area (Å²) in [5, 5.41) is -0.613. The molecule has 0 aliphatic carbocycles. The standard InChI is InChI=1S/C10H10F5P.C2H6/c1-3(2)5(11)4-6(12)7(13)8(14)9(15)10(4)16;1-2/h3,5H,16H2,1-2H3;1-2H3. The zero-order valence-corrected chi connectivity index (χ0v) is 11.8. The molecule has 0 nitrogen and oxygen atoms in total. The van der Waals surface area contributed by atoms with Crippen LogP contribution in [0.4, 0.5) is 22.0 Å². The highest BCUT2D eigenvalue weighted by Gasteiger charge is 2.29. The average molecular weight is 286 g/mol. The van der Waals surface area contributed by atoms with Gasteiger partial charge >= 0.3 is 0 Å². The molecule has 104 valence electrons. The highest BCUT2D eigenvalue weighted by molar-refractivity contribution is 7.27. The molecule has 2 atom stereocenters.